The van der Waals surface area contributed by atoms with E-state index in [2.05, 4.69) is 15.2 Å². The van der Waals surface area contributed by atoms with E-state index in [0.29, 0.717) is 25.3 Å². The van der Waals surface area contributed by atoms with Gasteiger partial charge in [0.15, 0.2) is 12.2 Å². The number of nitrogens with two attached hydrogens (primary N) is 1. The van der Waals surface area contributed by atoms with E-state index in [1.54, 1.807) is 18.3 Å². The van der Waals surface area contributed by atoms with Crippen molar-refractivity contribution in [2.45, 2.75) is 38.1 Å². The van der Waals surface area contributed by atoms with Crippen molar-refractivity contribution in [3.8, 4) is 0 Å². The number of nitrogens with one attached hydrogen (secondary N) is 1. The third-order valence-electron chi connectivity index (χ3n) is 6.33. The van der Waals surface area contributed by atoms with Gasteiger partial charge >= 0.3 is 0 Å². The number of carbonyl (C=O) groups is 2. The average molecular weight is 458 g/mol. The molecular weight excluding hydrogens is 429 g/mol. The molecule has 2 amide bonds. The summed E-state index contributed by atoms with van der Waals surface area (Å²) in [4.78, 5) is 32.6. The SMILES string of the molecule is Nc1cc(F)ccc1N1CCC(CNC(=O)[C@H](O)[C@@H](O)C(=O)N2Cc3cccnc3C2)CC1. The first-order chi connectivity index (χ1) is 15.8. The first-order valence-electron chi connectivity index (χ1n) is 11.0. The molecule has 2 aliphatic heterocycles. The lowest BCUT2D eigenvalue weighted by Crippen LogP contribution is -2.50. The molecule has 1 saturated heterocycles. The summed E-state index contributed by atoms with van der Waals surface area (Å²) in [5, 5.41) is 23.1. The summed E-state index contributed by atoms with van der Waals surface area (Å²) < 4.78 is 13.3. The van der Waals surface area contributed by atoms with Gasteiger partial charge in [0, 0.05) is 32.4 Å². The molecular formula is C23H28FN5O4. The predicted octanol–water partition coefficient (Wildman–Crippen LogP) is 0.400. The van der Waals surface area contributed by atoms with E-state index >= 15 is 0 Å². The Morgan fingerprint density at radius 2 is 1.94 bits per heavy atom. The third kappa shape index (κ3) is 5.07. The van der Waals surface area contributed by atoms with Gasteiger partial charge in [-0.2, -0.15) is 0 Å². The third-order valence-corrected chi connectivity index (χ3v) is 6.33. The number of anilines is 2. The number of halogens is 1. The Hall–Kier alpha value is -3.24. The number of hydrogen-bond donors (Lipinski definition) is 4. The fourth-order valence-electron chi connectivity index (χ4n) is 4.36. The molecule has 10 heteroatoms. The highest BCUT2D eigenvalue weighted by atomic mass is 19.1. The van der Waals surface area contributed by atoms with E-state index in [1.807, 2.05) is 6.07 Å². The maximum absolute atomic E-state index is 13.3. The first-order valence-corrected chi connectivity index (χ1v) is 11.0. The number of nitrogen functional groups attached to an aromatic ring is 1. The topological polar surface area (TPSA) is 132 Å². The van der Waals surface area contributed by atoms with Crippen LogP contribution in [-0.4, -0.2) is 63.8 Å². The lowest BCUT2D eigenvalue weighted by Gasteiger charge is -2.34. The van der Waals surface area contributed by atoms with Crippen LogP contribution in [0.15, 0.2) is 36.5 Å². The second-order valence-corrected chi connectivity index (χ2v) is 8.57. The average Bonchev–Trinajstić information content (AvgIpc) is 3.26. The number of pyridine rings is 1. The zero-order chi connectivity index (χ0) is 23.5. The van der Waals surface area contributed by atoms with Gasteiger partial charge < -0.3 is 31.1 Å². The van der Waals surface area contributed by atoms with Crippen LogP contribution < -0.4 is 16.0 Å². The molecule has 0 bridgehead atoms. The quantitative estimate of drug-likeness (QED) is 0.462. The second kappa shape index (κ2) is 9.72. The molecule has 4 rings (SSSR count). The molecule has 0 spiro atoms. The summed E-state index contributed by atoms with van der Waals surface area (Å²) in [6, 6.07) is 7.96. The van der Waals surface area contributed by atoms with Gasteiger partial charge in [0.2, 0.25) is 0 Å². The molecule has 3 heterocycles. The number of nitrogens with zero attached hydrogens (tertiary/aromatic N) is 3. The monoisotopic (exact) mass is 457 g/mol. The van der Waals surface area contributed by atoms with Gasteiger partial charge in [0.1, 0.15) is 5.82 Å². The van der Waals surface area contributed by atoms with Crippen LogP contribution in [0, 0.1) is 11.7 Å². The molecule has 1 aromatic heterocycles. The van der Waals surface area contributed by atoms with E-state index in [4.69, 9.17) is 5.73 Å². The molecule has 0 saturated carbocycles. The molecule has 0 radical (unpaired) electrons. The Kier molecular flexibility index (Phi) is 6.75. The first kappa shape index (κ1) is 22.9. The zero-order valence-corrected chi connectivity index (χ0v) is 18.2. The van der Waals surface area contributed by atoms with Crippen molar-refractivity contribution >= 4 is 23.2 Å². The highest BCUT2D eigenvalue weighted by Gasteiger charge is 2.36. The van der Waals surface area contributed by atoms with Crippen molar-refractivity contribution < 1.29 is 24.2 Å². The molecule has 33 heavy (non-hydrogen) atoms. The molecule has 0 unspecified atom stereocenters. The minimum Gasteiger partial charge on any atom is -0.397 e. The van der Waals surface area contributed by atoms with Crippen LogP contribution in [0.1, 0.15) is 24.1 Å². The smallest absolute Gasteiger partial charge is 0.255 e. The van der Waals surface area contributed by atoms with Crippen molar-refractivity contribution in [3.63, 3.8) is 0 Å². The van der Waals surface area contributed by atoms with Crippen molar-refractivity contribution in [2.24, 2.45) is 5.92 Å². The largest absolute Gasteiger partial charge is 0.397 e. The fourth-order valence-corrected chi connectivity index (χ4v) is 4.36. The van der Waals surface area contributed by atoms with E-state index in [1.165, 1.54) is 17.0 Å². The molecule has 2 aromatic rings. The van der Waals surface area contributed by atoms with Crippen LogP contribution in [0.3, 0.4) is 0 Å². The van der Waals surface area contributed by atoms with Crippen LogP contribution in [-0.2, 0) is 22.7 Å². The van der Waals surface area contributed by atoms with E-state index in [0.717, 1.165) is 29.8 Å². The number of aliphatic hydroxyl groups excluding tert-OH is 2. The number of benzene rings is 1. The number of amides is 2. The summed E-state index contributed by atoms with van der Waals surface area (Å²) >= 11 is 0. The number of piperidine rings is 1. The number of aliphatic hydroxyl groups is 2. The summed E-state index contributed by atoms with van der Waals surface area (Å²) in [5.74, 6) is -1.69. The lowest BCUT2D eigenvalue weighted by atomic mass is 9.96. The van der Waals surface area contributed by atoms with E-state index in [-0.39, 0.29) is 24.8 Å². The van der Waals surface area contributed by atoms with Crippen molar-refractivity contribution in [2.75, 3.05) is 30.3 Å². The summed E-state index contributed by atoms with van der Waals surface area (Å²) in [6.07, 6.45) is -0.526. The van der Waals surface area contributed by atoms with Gasteiger partial charge in [0.25, 0.3) is 11.8 Å². The van der Waals surface area contributed by atoms with Gasteiger partial charge in [-0.25, -0.2) is 4.39 Å². The summed E-state index contributed by atoms with van der Waals surface area (Å²) in [5.41, 5.74) is 8.72. The number of hydrogen-bond acceptors (Lipinski definition) is 7. The van der Waals surface area contributed by atoms with Crippen LogP contribution >= 0.6 is 0 Å². The van der Waals surface area contributed by atoms with Crippen LogP contribution in [0.2, 0.25) is 0 Å². The number of carbonyl (C=O) groups excluding carboxylic acids is 2. The Morgan fingerprint density at radius 1 is 1.18 bits per heavy atom. The van der Waals surface area contributed by atoms with Gasteiger partial charge in [-0.1, -0.05) is 6.07 Å². The fraction of sp³-hybridized carbons (Fsp3) is 0.435. The van der Waals surface area contributed by atoms with E-state index in [9.17, 15) is 24.2 Å². The molecule has 176 valence electrons. The predicted molar refractivity (Wildman–Crippen MR) is 119 cm³/mol. The maximum Gasteiger partial charge on any atom is 0.255 e. The highest BCUT2D eigenvalue weighted by molar-refractivity contribution is 5.90. The Labute approximate surface area is 191 Å². The maximum atomic E-state index is 13.3. The van der Waals surface area contributed by atoms with Gasteiger partial charge in [-0.05, 0) is 48.6 Å². The van der Waals surface area contributed by atoms with Crippen molar-refractivity contribution in [3.05, 3.63) is 53.6 Å². The van der Waals surface area contributed by atoms with Gasteiger partial charge in [-0.3, -0.25) is 14.6 Å². The van der Waals surface area contributed by atoms with Crippen molar-refractivity contribution in [1.82, 2.24) is 15.2 Å². The summed E-state index contributed by atoms with van der Waals surface area (Å²) in [6.45, 7) is 2.23. The second-order valence-electron chi connectivity index (χ2n) is 8.57. The van der Waals surface area contributed by atoms with Crippen LogP contribution in [0.4, 0.5) is 15.8 Å². The molecule has 5 N–H and O–H groups in total. The molecule has 1 aromatic carbocycles. The molecule has 9 nitrogen and oxygen atoms in total. The van der Waals surface area contributed by atoms with Crippen molar-refractivity contribution in [1.29, 1.82) is 0 Å². The lowest BCUT2D eigenvalue weighted by molar-refractivity contribution is -0.153. The van der Waals surface area contributed by atoms with Crippen LogP contribution in [0.25, 0.3) is 0 Å². The normalized spacial score (nSPS) is 18.0. The Bertz CT molecular complexity index is 1000. The number of fused-ring (bicyclic) bond motifs is 1. The van der Waals surface area contributed by atoms with Gasteiger partial charge in [0.05, 0.1) is 23.6 Å². The number of aromatic nitrogens is 1. The molecule has 1 fully saturated rings. The van der Waals surface area contributed by atoms with Crippen LogP contribution in [0.5, 0.6) is 0 Å². The minimum atomic E-state index is -1.85. The number of rotatable bonds is 6. The Morgan fingerprint density at radius 3 is 2.64 bits per heavy atom. The minimum absolute atomic E-state index is 0.172. The standard InChI is InChI=1S/C23H28FN5O4/c24-16-3-4-19(17(25)10-16)28-8-5-14(6-9-28)11-27-22(32)20(30)21(31)23(33)29-12-15-2-1-7-26-18(15)13-29/h1-4,7,10,14,20-21,30-31H,5-6,8-9,11-13,25H2,(H,27,32)/t20-,21-/m1/s1. The molecule has 2 aliphatic rings. The Balaban J connectivity index is 1.23. The van der Waals surface area contributed by atoms with Gasteiger partial charge in [-0.15, -0.1) is 0 Å². The highest BCUT2D eigenvalue weighted by Crippen LogP contribution is 2.28. The zero-order valence-electron chi connectivity index (χ0n) is 18.2. The van der Waals surface area contributed by atoms with E-state index < -0.39 is 24.0 Å². The summed E-state index contributed by atoms with van der Waals surface area (Å²) in [7, 11) is 0. The molecule has 0 aliphatic carbocycles. The molecule has 2 atom stereocenters.